The molecule has 2 N–H and O–H groups in total. The quantitative estimate of drug-likeness (QED) is 0.445. The highest BCUT2D eigenvalue weighted by Crippen LogP contribution is 2.30. The van der Waals surface area contributed by atoms with Crippen molar-refractivity contribution in [3.8, 4) is 0 Å². The molecule has 232 valence electrons. The van der Waals surface area contributed by atoms with Crippen molar-refractivity contribution < 1.29 is 18.8 Å². The molecule has 3 heterocycles. The van der Waals surface area contributed by atoms with E-state index in [4.69, 9.17) is 0 Å². The molecule has 0 bridgehead atoms. The number of nitrogens with one attached hydrogen (secondary N) is 2. The molecular weight excluding hydrogens is 567 g/mol. The van der Waals surface area contributed by atoms with Gasteiger partial charge in [-0.15, -0.1) is 0 Å². The predicted octanol–water partition coefficient (Wildman–Crippen LogP) is 3.58. The number of piperidine rings is 1. The second-order valence-electron chi connectivity index (χ2n) is 12.5. The van der Waals surface area contributed by atoms with Crippen molar-refractivity contribution in [2.45, 2.75) is 78.2 Å². The third kappa shape index (κ3) is 5.72. The van der Waals surface area contributed by atoms with Crippen LogP contribution in [-0.2, 0) is 24.4 Å². The molecule has 0 spiro atoms. The highest BCUT2D eigenvalue weighted by molar-refractivity contribution is 5.95. The molecule has 2 aromatic carbocycles. The van der Waals surface area contributed by atoms with E-state index in [1.807, 2.05) is 6.07 Å². The first-order chi connectivity index (χ1) is 21.0. The number of halogens is 1. The van der Waals surface area contributed by atoms with Gasteiger partial charge in [-0.1, -0.05) is 6.07 Å². The Morgan fingerprint density at radius 1 is 1.00 bits per heavy atom. The fraction of sp³-hybridized carbons (Fsp3) is 0.469. The monoisotopic (exact) mass is 604 g/mol. The summed E-state index contributed by atoms with van der Waals surface area (Å²) in [6.07, 6.45) is 3.24. The summed E-state index contributed by atoms with van der Waals surface area (Å²) in [7, 11) is 0. The zero-order valence-electron chi connectivity index (χ0n) is 25.2. The van der Waals surface area contributed by atoms with Crippen LogP contribution in [0.2, 0.25) is 0 Å². The Balaban J connectivity index is 1.17. The van der Waals surface area contributed by atoms with Crippen molar-refractivity contribution in [2.75, 3.05) is 18.4 Å². The number of amides is 4. The Hall–Kier alpha value is -4.48. The molecule has 4 amide bonds. The smallest absolute Gasteiger partial charge is 0.331 e. The van der Waals surface area contributed by atoms with Gasteiger partial charge >= 0.3 is 11.7 Å². The lowest BCUT2D eigenvalue weighted by molar-refractivity contribution is -0.129. The molecule has 6 rings (SSSR count). The number of rotatable bonds is 6. The molecule has 0 radical (unpaired) electrons. The largest absolute Gasteiger partial charge is 0.348 e. The van der Waals surface area contributed by atoms with Crippen LogP contribution < -0.4 is 21.9 Å². The van der Waals surface area contributed by atoms with Crippen LogP contribution in [0.25, 0.3) is 10.9 Å². The van der Waals surface area contributed by atoms with Crippen LogP contribution in [0.1, 0.15) is 74.0 Å². The summed E-state index contributed by atoms with van der Waals surface area (Å²) in [5.41, 5.74) is 1.55. The lowest BCUT2D eigenvalue weighted by Crippen LogP contribution is -2.50. The van der Waals surface area contributed by atoms with Crippen LogP contribution in [0, 0.1) is 11.7 Å². The normalized spacial score (nSPS) is 18.1. The minimum Gasteiger partial charge on any atom is -0.348 e. The molecule has 2 fully saturated rings. The maximum Gasteiger partial charge on any atom is 0.331 e. The van der Waals surface area contributed by atoms with E-state index in [2.05, 4.69) is 10.6 Å². The van der Waals surface area contributed by atoms with Gasteiger partial charge in [-0.05, 0) is 74.8 Å². The predicted molar refractivity (Wildman–Crippen MR) is 163 cm³/mol. The van der Waals surface area contributed by atoms with E-state index < -0.39 is 23.1 Å². The molecule has 11 nitrogen and oxygen atoms in total. The second kappa shape index (κ2) is 11.5. The average Bonchev–Trinajstić information content (AvgIpc) is 3.70. The standard InChI is InChI=1S/C32H37FN6O5/c1-18(2)39-28-13-26(33)27(12-25(28)30(42)38(32(39)44)14-20-6-7-20)35-31(43)36-10-4-5-24(17-36)34-29(41)21-8-9-22-15-37(19(3)40)16-23(22)11-21/h8-9,11-13,18,20,24H,4-7,10,14-17H2,1-3H3,(H,34,41)(H,35,43). The van der Waals surface area contributed by atoms with E-state index in [0.29, 0.717) is 44.6 Å². The Morgan fingerprint density at radius 2 is 1.75 bits per heavy atom. The minimum atomic E-state index is -0.749. The van der Waals surface area contributed by atoms with E-state index in [9.17, 15) is 24.0 Å². The van der Waals surface area contributed by atoms with Gasteiger partial charge in [0, 0.05) is 63.4 Å². The molecule has 3 aromatic rings. The maximum atomic E-state index is 15.3. The second-order valence-corrected chi connectivity index (χ2v) is 12.5. The van der Waals surface area contributed by atoms with Crippen molar-refractivity contribution in [3.05, 3.63) is 73.7 Å². The van der Waals surface area contributed by atoms with Gasteiger partial charge in [0.25, 0.3) is 11.5 Å². The summed E-state index contributed by atoms with van der Waals surface area (Å²) in [6, 6.07) is 6.72. The van der Waals surface area contributed by atoms with Crippen LogP contribution in [0.5, 0.6) is 0 Å². The fourth-order valence-electron chi connectivity index (χ4n) is 6.21. The first kappa shape index (κ1) is 29.6. The van der Waals surface area contributed by atoms with Gasteiger partial charge in [0.15, 0.2) is 0 Å². The van der Waals surface area contributed by atoms with Crippen molar-refractivity contribution in [3.63, 3.8) is 0 Å². The Labute approximate surface area is 253 Å². The van der Waals surface area contributed by atoms with Gasteiger partial charge in [0.1, 0.15) is 5.82 Å². The molecule has 1 aliphatic carbocycles. The third-order valence-electron chi connectivity index (χ3n) is 8.83. The molecule has 1 unspecified atom stereocenters. The number of likely N-dealkylation sites (tertiary alicyclic amines) is 1. The minimum absolute atomic E-state index is 0.0159. The number of nitrogens with zero attached hydrogens (tertiary/aromatic N) is 4. The summed E-state index contributed by atoms with van der Waals surface area (Å²) in [5, 5.41) is 5.79. The summed E-state index contributed by atoms with van der Waals surface area (Å²) >= 11 is 0. The highest BCUT2D eigenvalue weighted by Gasteiger charge is 2.29. The van der Waals surface area contributed by atoms with Crippen molar-refractivity contribution in [2.24, 2.45) is 5.92 Å². The number of carbonyl (C=O) groups is 3. The van der Waals surface area contributed by atoms with Gasteiger partial charge in [-0.25, -0.2) is 14.0 Å². The van der Waals surface area contributed by atoms with Gasteiger partial charge in [-0.2, -0.15) is 0 Å². The Morgan fingerprint density at radius 3 is 2.45 bits per heavy atom. The van der Waals surface area contributed by atoms with Crippen LogP contribution >= 0.6 is 0 Å². The van der Waals surface area contributed by atoms with Crippen molar-refractivity contribution in [1.29, 1.82) is 0 Å². The average molecular weight is 605 g/mol. The number of carbonyl (C=O) groups excluding carboxylic acids is 3. The molecule has 1 saturated carbocycles. The number of hydrogen-bond acceptors (Lipinski definition) is 5. The summed E-state index contributed by atoms with van der Waals surface area (Å²) in [6.45, 7) is 7.11. The van der Waals surface area contributed by atoms with E-state index in [0.717, 1.165) is 30.0 Å². The first-order valence-corrected chi connectivity index (χ1v) is 15.2. The maximum absolute atomic E-state index is 15.3. The van der Waals surface area contributed by atoms with Gasteiger partial charge in [-0.3, -0.25) is 23.5 Å². The number of hydrogen-bond donors (Lipinski definition) is 2. The summed E-state index contributed by atoms with van der Waals surface area (Å²) in [5.74, 6) is -0.746. The van der Waals surface area contributed by atoms with Crippen LogP contribution in [0.4, 0.5) is 14.9 Å². The molecule has 1 aromatic heterocycles. The molecule has 12 heteroatoms. The van der Waals surface area contributed by atoms with Crippen molar-refractivity contribution >= 4 is 34.4 Å². The van der Waals surface area contributed by atoms with Gasteiger partial charge in [0.05, 0.1) is 16.6 Å². The van der Waals surface area contributed by atoms with Crippen molar-refractivity contribution in [1.82, 2.24) is 24.3 Å². The number of anilines is 1. The van der Waals surface area contributed by atoms with E-state index >= 15 is 4.39 Å². The van der Waals surface area contributed by atoms with E-state index in [1.165, 1.54) is 27.0 Å². The number of benzene rings is 2. The fourth-order valence-corrected chi connectivity index (χ4v) is 6.21. The van der Waals surface area contributed by atoms with E-state index in [-0.39, 0.29) is 53.0 Å². The SMILES string of the molecule is CC(=O)N1Cc2ccc(C(=O)NC3CCCN(C(=O)Nc4cc5c(=O)n(CC6CC6)c(=O)n(C(C)C)c5cc4F)C3)cc2C1. The topological polar surface area (TPSA) is 126 Å². The van der Waals surface area contributed by atoms with E-state index in [1.54, 1.807) is 30.9 Å². The summed E-state index contributed by atoms with van der Waals surface area (Å²) < 4.78 is 18.0. The molecule has 44 heavy (non-hydrogen) atoms. The molecule has 1 atom stereocenters. The molecule has 2 aliphatic heterocycles. The Bertz CT molecular complexity index is 1790. The van der Waals surface area contributed by atoms with Gasteiger partial charge in [0.2, 0.25) is 5.91 Å². The van der Waals surface area contributed by atoms with Gasteiger partial charge < -0.3 is 20.4 Å². The third-order valence-corrected chi connectivity index (χ3v) is 8.83. The first-order valence-electron chi connectivity index (χ1n) is 15.2. The molecule has 1 saturated heterocycles. The lowest BCUT2D eigenvalue weighted by Gasteiger charge is -2.33. The van der Waals surface area contributed by atoms with Crippen LogP contribution in [0.15, 0.2) is 39.9 Å². The Kier molecular flexibility index (Phi) is 7.77. The molecule has 3 aliphatic rings. The number of fused-ring (bicyclic) bond motifs is 2. The van der Waals surface area contributed by atoms with Crippen LogP contribution in [-0.4, -0.2) is 55.9 Å². The number of urea groups is 1. The van der Waals surface area contributed by atoms with Crippen LogP contribution in [0.3, 0.4) is 0 Å². The zero-order valence-corrected chi connectivity index (χ0v) is 25.2. The highest BCUT2D eigenvalue weighted by atomic mass is 19.1. The molecular formula is C32H37FN6O5. The summed E-state index contributed by atoms with van der Waals surface area (Å²) in [4.78, 5) is 67.8. The lowest BCUT2D eigenvalue weighted by atomic mass is 10.0. The number of aromatic nitrogens is 2. The zero-order chi connectivity index (χ0) is 31.3.